The van der Waals surface area contributed by atoms with E-state index in [9.17, 15) is 8.42 Å². The number of rotatable bonds is 4. The first kappa shape index (κ1) is 15.3. The maximum atomic E-state index is 12.9. The summed E-state index contributed by atoms with van der Waals surface area (Å²) < 4.78 is 33.7. The predicted molar refractivity (Wildman–Crippen MR) is 83.9 cm³/mol. The van der Waals surface area contributed by atoms with Crippen molar-refractivity contribution < 1.29 is 13.2 Å². The van der Waals surface area contributed by atoms with Crippen LogP contribution in [0.2, 0.25) is 0 Å². The molecule has 2 fully saturated rings. The van der Waals surface area contributed by atoms with Gasteiger partial charge in [-0.1, -0.05) is 15.9 Å². The third kappa shape index (κ3) is 2.84. The normalized spacial score (nSPS) is 26.0. The summed E-state index contributed by atoms with van der Waals surface area (Å²) >= 11 is 3.35. The van der Waals surface area contributed by atoms with Crippen LogP contribution in [0.5, 0.6) is 5.75 Å². The highest BCUT2D eigenvalue weighted by Gasteiger charge is 2.42. The van der Waals surface area contributed by atoms with Gasteiger partial charge in [-0.25, -0.2) is 8.42 Å². The Labute approximate surface area is 133 Å². The van der Waals surface area contributed by atoms with Gasteiger partial charge in [0.15, 0.2) is 0 Å². The van der Waals surface area contributed by atoms with Crippen LogP contribution in [-0.4, -0.2) is 45.5 Å². The lowest BCUT2D eigenvalue weighted by atomic mass is 10.0. The number of hydrogen-bond donors (Lipinski definition) is 1. The average Bonchev–Trinajstić information content (AvgIpc) is 3.02. The molecule has 2 heterocycles. The lowest BCUT2D eigenvalue weighted by Crippen LogP contribution is -2.32. The number of nitrogens with zero attached hydrogens (tertiary/aromatic N) is 1. The molecule has 1 aromatic carbocycles. The third-order valence-corrected chi connectivity index (χ3v) is 6.53. The van der Waals surface area contributed by atoms with Crippen LogP contribution < -0.4 is 10.1 Å². The highest BCUT2D eigenvalue weighted by atomic mass is 79.9. The van der Waals surface area contributed by atoms with Crippen molar-refractivity contribution in [2.75, 3.05) is 32.8 Å². The van der Waals surface area contributed by atoms with Gasteiger partial charge in [-0.15, -0.1) is 0 Å². The minimum Gasteiger partial charge on any atom is -0.492 e. The fourth-order valence-electron chi connectivity index (χ4n) is 3.11. The Kier molecular flexibility index (Phi) is 4.27. The van der Waals surface area contributed by atoms with Gasteiger partial charge >= 0.3 is 0 Å². The van der Waals surface area contributed by atoms with E-state index in [0.29, 0.717) is 37.3 Å². The molecule has 3 rings (SSSR count). The van der Waals surface area contributed by atoms with E-state index in [1.54, 1.807) is 22.5 Å². The second-order valence-electron chi connectivity index (χ2n) is 5.52. The summed E-state index contributed by atoms with van der Waals surface area (Å²) in [4.78, 5) is 0.256. The van der Waals surface area contributed by atoms with Crippen LogP contribution in [0.3, 0.4) is 0 Å². The number of ether oxygens (including phenoxy) is 1. The second-order valence-corrected chi connectivity index (χ2v) is 8.35. The molecule has 0 saturated carbocycles. The van der Waals surface area contributed by atoms with Crippen molar-refractivity contribution in [2.24, 2.45) is 11.8 Å². The standard InChI is InChI=1S/C14H19BrN2O3S/c1-2-20-13-4-3-12(15)5-14(13)21(18,19)17-8-10-6-16-7-11(10)9-17/h3-5,10-11,16H,2,6-9H2,1H3/t10-,11+. The fourth-order valence-corrected chi connectivity index (χ4v) is 5.33. The maximum Gasteiger partial charge on any atom is 0.246 e. The van der Waals surface area contributed by atoms with Crippen LogP contribution >= 0.6 is 15.9 Å². The Morgan fingerprint density at radius 3 is 2.62 bits per heavy atom. The van der Waals surface area contributed by atoms with E-state index in [-0.39, 0.29) is 4.90 Å². The lowest BCUT2D eigenvalue weighted by molar-refractivity contribution is 0.329. The summed E-state index contributed by atoms with van der Waals surface area (Å²) in [6.07, 6.45) is 0. The largest absolute Gasteiger partial charge is 0.492 e. The first-order valence-electron chi connectivity index (χ1n) is 7.15. The molecule has 0 aliphatic carbocycles. The van der Waals surface area contributed by atoms with Gasteiger partial charge in [-0.2, -0.15) is 4.31 Å². The van der Waals surface area contributed by atoms with Gasteiger partial charge in [0, 0.05) is 17.6 Å². The second kappa shape index (κ2) is 5.87. The van der Waals surface area contributed by atoms with Crippen molar-refractivity contribution in [3.05, 3.63) is 22.7 Å². The van der Waals surface area contributed by atoms with Gasteiger partial charge in [-0.3, -0.25) is 0 Å². The maximum absolute atomic E-state index is 12.9. The van der Waals surface area contributed by atoms with Crippen molar-refractivity contribution in [3.63, 3.8) is 0 Å². The van der Waals surface area contributed by atoms with Crippen LogP contribution in [0.15, 0.2) is 27.6 Å². The van der Waals surface area contributed by atoms with Crippen LogP contribution in [0.25, 0.3) is 0 Å². The van der Waals surface area contributed by atoms with Crippen LogP contribution in [-0.2, 0) is 10.0 Å². The van der Waals surface area contributed by atoms with Crippen LogP contribution in [0.4, 0.5) is 0 Å². The SMILES string of the molecule is CCOc1ccc(Br)cc1S(=O)(=O)N1C[C@H]2CNC[C@H]2C1. The summed E-state index contributed by atoms with van der Waals surface area (Å²) in [6.45, 7) is 5.31. The van der Waals surface area contributed by atoms with E-state index in [1.807, 2.05) is 6.92 Å². The molecule has 0 unspecified atom stereocenters. The van der Waals surface area contributed by atoms with Gasteiger partial charge in [-0.05, 0) is 50.0 Å². The zero-order valence-electron chi connectivity index (χ0n) is 11.9. The molecule has 0 aromatic heterocycles. The topological polar surface area (TPSA) is 58.6 Å². The molecule has 7 heteroatoms. The monoisotopic (exact) mass is 374 g/mol. The molecule has 1 aromatic rings. The highest BCUT2D eigenvalue weighted by molar-refractivity contribution is 9.10. The molecule has 2 aliphatic rings. The summed E-state index contributed by atoms with van der Waals surface area (Å²) in [7, 11) is -3.51. The Bertz CT molecular complexity index is 623. The zero-order valence-corrected chi connectivity index (χ0v) is 14.3. The predicted octanol–water partition coefficient (Wildman–Crippen LogP) is 1.69. The molecule has 0 bridgehead atoms. The Balaban J connectivity index is 1.93. The van der Waals surface area contributed by atoms with Gasteiger partial charge in [0.05, 0.1) is 6.61 Å². The number of sulfonamides is 1. The first-order valence-corrected chi connectivity index (χ1v) is 9.39. The van der Waals surface area contributed by atoms with Crippen molar-refractivity contribution in [1.82, 2.24) is 9.62 Å². The van der Waals surface area contributed by atoms with E-state index < -0.39 is 10.0 Å². The first-order chi connectivity index (χ1) is 10.0. The van der Waals surface area contributed by atoms with Gasteiger partial charge < -0.3 is 10.1 Å². The number of halogens is 1. The number of benzene rings is 1. The quantitative estimate of drug-likeness (QED) is 0.870. The molecular formula is C14H19BrN2O3S. The Hall–Kier alpha value is -0.630. The molecule has 2 atom stereocenters. The summed E-state index contributed by atoms with van der Waals surface area (Å²) in [5.74, 6) is 1.29. The van der Waals surface area contributed by atoms with Crippen molar-refractivity contribution in [1.29, 1.82) is 0 Å². The summed E-state index contributed by atoms with van der Waals surface area (Å²) in [5.41, 5.74) is 0. The summed E-state index contributed by atoms with van der Waals surface area (Å²) in [5, 5.41) is 3.32. The minimum atomic E-state index is -3.51. The van der Waals surface area contributed by atoms with E-state index in [1.165, 1.54) is 0 Å². The molecule has 116 valence electrons. The Morgan fingerprint density at radius 1 is 1.33 bits per heavy atom. The molecule has 5 nitrogen and oxygen atoms in total. The van der Waals surface area contributed by atoms with Crippen molar-refractivity contribution in [2.45, 2.75) is 11.8 Å². The van der Waals surface area contributed by atoms with Gasteiger partial charge in [0.1, 0.15) is 10.6 Å². The fraction of sp³-hybridized carbons (Fsp3) is 0.571. The molecular weight excluding hydrogens is 356 g/mol. The number of hydrogen-bond acceptors (Lipinski definition) is 4. The average molecular weight is 375 g/mol. The molecule has 0 radical (unpaired) electrons. The van der Waals surface area contributed by atoms with E-state index in [4.69, 9.17) is 4.74 Å². The smallest absolute Gasteiger partial charge is 0.246 e. The van der Waals surface area contributed by atoms with E-state index >= 15 is 0 Å². The molecule has 2 saturated heterocycles. The highest BCUT2D eigenvalue weighted by Crippen LogP contribution is 2.35. The van der Waals surface area contributed by atoms with Crippen molar-refractivity contribution >= 4 is 26.0 Å². The molecule has 21 heavy (non-hydrogen) atoms. The molecule has 0 spiro atoms. The van der Waals surface area contributed by atoms with E-state index in [0.717, 1.165) is 17.6 Å². The Morgan fingerprint density at radius 2 is 2.00 bits per heavy atom. The lowest BCUT2D eigenvalue weighted by Gasteiger charge is -2.19. The number of fused-ring (bicyclic) bond motifs is 1. The third-order valence-electron chi connectivity index (χ3n) is 4.18. The van der Waals surface area contributed by atoms with Gasteiger partial charge in [0.25, 0.3) is 0 Å². The molecule has 0 amide bonds. The van der Waals surface area contributed by atoms with Crippen LogP contribution in [0.1, 0.15) is 6.92 Å². The van der Waals surface area contributed by atoms with Crippen LogP contribution in [0, 0.1) is 11.8 Å². The summed E-state index contributed by atoms with van der Waals surface area (Å²) in [6, 6.07) is 5.14. The zero-order chi connectivity index (χ0) is 15.0. The van der Waals surface area contributed by atoms with E-state index in [2.05, 4.69) is 21.2 Å². The molecule has 2 aliphatic heterocycles. The minimum absolute atomic E-state index is 0.256. The van der Waals surface area contributed by atoms with Crippen molar-refractivity contribution in [3.8, 4) is 5.75 Å². The number of nitrogens with one attached hydrogen (secondary N) is 1. The molecule has 1 N–H and O–H groups in total. The van der Waals surface area contributed by atoms with Gasteiger partial charge in [0.2, 0.25) is 10.0 Å².